The van der Waals surface area contributed by atoms with E-state index in [0.717, 1.165) is 6.54 Å². The summed E-state index contributed by atoms with van der Waals surface area (Å²) in [5.41, 5.74) is 4.76. The van der Waals surface area contributed by atoms with Crippen LogP contribution in [0.15, 0.2) is 42.5 Å². The van der Waals surface area contributed by atoms with Gasteiger partial charge < -0.3 is 0 Å². The van der Waals surface area contributed by atoms with Gasteiger partial charge >= 0.3 is 0 Å². The molecule has 1 saturated heterocycles. The summed E-state index contributed by atoms with van der Waals surface area (Å²) >= 11 is 0. The topological polar surface area (TPSA) is 15.3 Å². The van der Waals surface area contributed by atoms with Gasteiger partial charge in [0.15, 0.2) is 0 Å². The highest BCUT2D eigenvalue weighted by molar-refractivity contribution is 5.83. The summed E-state index contributed by atoms with van der Waals surface area (Å²) in [4.78, 5) is 0. The summed E-state index contributed by atoms with van der Waals surface area (Å²) in [6, 6.07) is 15.8. The third-order valence-electron chi connectivity index (χ3n) is 3.40. The number of benzene rings is 2. The molecule has 0 spiro atoms. The Labute approximate surface area is 95.8 Å². The minimum atomic E-state index is 0.518. The molecule has 16 heavy (non-hydrogen) atoms. The summed E-state index contributed by atoms with van der Waals surface area (Å²) < 4.78 is 0. The van der Waals surface area contributed by atoms with E-state index in [4.69, 9.17) is 0 Å². The van der Waals surface area contributed by atoms with Gasteiger partial charge in [0.25, 0.3) is 0 Å². The molecule has 0 aromatic heterocycles. The summed E-state index contributed by atoms with van der Waals surface area (Å²) in [7, 11) is 2.12. The van der Waals surface area contributed by atoms with Gasteiger partial charge in [-0.05, 0) is 28.8 Å². The van der Waals surface area contributed by atoms with Crippen molar-refractivity contribution in [3.05, 3.63) is 48.0 Å². The largest absolute Gasteiger partial charge is 0.255 e. The molecule has 2 aromatic rings. The van der Waals surface area contributed by atoms with Crippen LogP contribution in [0.5, 0.6) is 0 Å². The van der Waals surface area contributed by atoms with Crippen LogP contribution < -0.4 is 5.43 Å². The summed E-state index contributed by atoms with van der Waals surface area (Å²) in [6.45, 7) is 1.08. The monoisotopic (exact) mass is 212 g/mol. The van der Waals surface area contributed by atoms with Gasteiger partial charge in [-0.2, -0.15) is 0 Å². The van der Waals surface area contributed by atoms with E-state index in [1.165, 1.54) is 22.8 Å². The fourth-order valence-electron chi connectivity index (χ4n) is 2.49. The van der Waals surface area contributed by atoms with Crippen molar-refractivity contribution in [3.8, 4) is 0 Å². The van der Waals surface area contributed by atoms with Crippen molar-refractivity contribution in [2.24, 2.45) is 0 Å². The van der Waals surface area contributed by atoms with Gasteiger partial charge in [-0.1, -0.05) is 36.4 Å². The number of nitrogens with zero attached hydrogens (tertiary/aromatic N) is 1. The zero-order chi connectivity index (χ0) is 11.0. The van der Waals surface area contributed by atoms with E-state index >= 15 is 0 Å². The molecule has 2 aromatic carbocycles. The zero-order valence-corrected chi connectivity index (χ0v) is 9.48. The normalized spacial score (nSPS) is 21.7. The highest BCUT2D eigenvalue weighted by Crippen LogP contribution is 2.27. The van der Waals surface area contributed by atoms with E-state index in [-0.39, 0.29) is 0 Å². The molecule has 0 saturated carbocycles. The molecule has 0 radical (unpaired) electrons. The molecule has 1 unspecified atom stereocenters. The van der Waals surface area contributed by atoms with Crippen molar-refractivity contribution in [2.45, 2.75) is 12.5 Å². The lowest BCUT2D eigenvalue weighted by molar-refractivity contribution is 0.240. The van der Waals surface area contributed by atoms with Crippen LogP contribution in [0.3, 0.4) is 0 Å². The third-order valence-corrected chi connectivity index (χ3v) is 3.40. The molecule has 2 nitrogen and oxygen atoms in total. The van der Waals surface area contributed by atoms with Crippen LogP contribution in [-0.4, -0.2) is 18.6 Å². The van der Waals surface area contributed by atoms with Crippen molar-refractivity contribution >= 4 is 10.8 Å². The molecule has 0 bridgehead atoms. The Morgan fingerprint density at radius 2 is 1.94 bits per heavy atom. The second-order valence-corrected chi connectivity index (χ2v) is 4.43. The molecule has 2 heteroatoms. The van der Waals surface area contributed by atoms with E-state index in [9.17, 15) is 0 Å². The summed E-state index contributed by atoms with van der Waals surface area (Å²) in [5, 5.41) is 4.87. The molecule has 1 aliphatic heterocycles. The van der Waals surface area contributed by atoms with Crippen LogP contribution in [0.4, 0.5) is 0 Å². The Balaban J connectivity index is 2.04. The average Bonchev–Trinajstić information content (AvgIpc) is 2.75. The van der Waals surface area contributed by atoms with Crippen LogP contribution in [0.2, 0.25) is 0 Å². The van der Waals surface area contributed by atoms with Gasteiger partial charge in [-0.3, -0.25) is 5.43 Å². The molecule has 1 fully saturated rings. The Kier molecular flexibility index (Phi) is 2.39. The fraction of sp³-hybridized carbons (Fsp3) is 0.286. The number of hydrogen-bond acceptors (Lipinski definition) is 2. The highest BCUT2D eigenvalue weighted by Gasteiger charge is 2.21. The second-order valence-electron chi connectivity index (χ2n) is 4.43. The number of fused-ring (bicyclic) bond motifs is 1. The lowest BCUT2D eigenvalue weighted by Gasteiger charge is -2.19. The molecule has 82 valence electrons. The molecule has 0 aliphatic carbocycles. The Morgan fingerprint density at radius 1 is 1.12 bits per heavy atom. The van der Waals surface area contributed by atoms with Gasteiger partial charge in [0.05, 0.1) is 6.04 Å². The van der Waals surface area contributed by atoms with Crippen molar-refractivity contribution in [1.29, 1.82) is 0 Å². The maximum atomic E-state index is 3.35. The number of rotatable bonds is 1. The van der Waals surface area contributed by atoms with E-state index < -0.39 is 0 Å². The predicted molar refractivity (Wildman–Crippen MR) is 67.1 cm³/mol. The molecule has 1 aliphatic rings. The van der Waals surface area contributed by atoms with E-state index in [0.29, 0.717) is 6.04 Å². The smallest absolute Gasteiger partial charge is 0.0502 e. The fourth-order valence-corrected chi connectivity index (χ4v) is 2.49. The number of hydrogen-bond donors (Lipinski definition) is 1. The van der Waals surface area contributed by atoms with Crippen LogP contribution in [0.25, 0.3) is 10.8 Å². The first-order valence-electron chi connectivity index (χ1n) is 5.79. The van der Waals surface area contributed by atoms with Gasteiger partial charge in [-0.15, -0.1) is 0 Å². The van der Waals surface area contributed by atoms with Crippen molar-refractivity contribution in [2.75, 3.05) is 13.6 Å². The molecular weight excluding hydrogens is 196 g/mol. The van der Waals surface area contributed by atoms with Gasteiger partial charge in [0.1, 0.15) is 0 Å². The summed E-state index contributed by atoms with van der Waals surface area (Å²) in [5.74, 6) is 0. The zero-order valence-electron chi connectivity index (χ0n) is 9.48. The van der Waals surface area contributed by atoms with Crippen molar-refractivity contribution < 1.29 is 0 Å². The molecular formula is C14H16N2. The van der Waals surface area contributed by atoms with Gasteiger partial charge in [0, 0.05) is 13.6 Å². The first-order chi connectivity index (χ1) is 7.84. The van der Waals surface area contributed by atoms with Crippen LogP contribution >= 0.6 is 0 Å². The van der Waals surface area contributed by atoms with Crippen molar-refractivity contribution in [1.82, 2.24) is 10.4 Å². The first-order valence-corrected chi connectivity index (χ1v) is 5.79. The van der Waals surface area contributed by atoms with Crippen LogP contribution in [0, 0.1) is 0 Å². The second kappa shape index (κ2) is 3.89. The van der Waals surface area contributed by atoms with Gasteiger partial charge in [0.2, 0.25) is 0 Å². The summed E-state index contributed by atoms with van der Waals surface area (Å²) in [6.07, 6.45) is 1.19. The minimum absolute atomic E-state index is 0.518. The number of nitrogens with one attached hydrogen (secondary N) is 1. The molecule has 3 rings (SSSR count). The standard InChI is InChI=1S/C14H16N2/c1-16-14(8-9-15-16)13-7-6-11-4-2-3-5-12(11)10-13/h2-7,10,14-15H,8-9H2,1H3. The van der Waals surface area contributed by atoms with E-state index in [2.05, 4.69) is 59.9 Å². The molecule has 1 atom stereocenters. The predicted octanol–water partition coefficient (Wildman–Crippen LogP) is 2.72. The minimum Gasteiger partial charge on any atom is -0.255 e. The van der Waals surface area contributed by atoms with Crippen molar-refractivity contribution in [3.63, 3.8) is 0 Å². The molecule has 1 N–H and O–H groups in total. The quantitative estimate of drug-likeness (QED) is 0.782. The maximum Gasteiger partial charge on any atom is 0.0502 e. The molecule has 1 heterocycles. The lowest BCUT2D eigenvalue weighted by Crippen LogP contribution is -2.28. The lowest BCUT2D eigenvalue weighted by atomic mass is 10.0. The molecule has 0 amide bonds. The SMILES string of the molecule is CN1NCCC1c1ccc2ccccc2c1. The highest BCUT2D eigenvalue weighted by atomic mass is 15.5. The van der Waals surface area contributed by atoms with E-state index in [1.54, 1.807) is 0 Å². The van der Waals surface area contributed by atoms with E-state index in [1.807, 2.05) is 0 Å². The van der Waals surface area contributed by atoms with Gasteiger partial charge in [-0.25, -0.2) is 5.01 Å². The number of hydrazine groups is 1. The first kappa shape index (κ1) is 9.82. The average molecular weight is 212 g/mol. The third kappa shape index (κ3) is 1.60. The Bertz CT molecular complexity index is 507. The maximum absolute atomic E-state index is 3.35. The van der Waals surface area contributed by atoms with Crippen LogP contribution in [-0.2, 0) is 0 Å². The van der Waals surface area contributed by atoms with Crippen LogP contribution in [0.1, 0.15) is 18.0 Å². The Morgan fingerprint density at radius 3 is 2.69 bits per heavy atom. The Hall–Kier alpha value is -1.38.